The molecule has 0 aliphatic heterocycles. The van der Waals surface area contributed by atoms with Crippen LogP contribution in [-0.4, -0.2) is 28.7 Å². The highest BCUT2D eigenvalue weighted by molar-refractivity contribution is 7.89. The molecule has 0 fully saturated rings. The standard InChI is InChI=1S/C9H11Cl2NO3S/c1-15-5-4-12-16(13,14)9-3-2-7(10)6-8(9)11/h2-3,6,12H,4-5H2,1H3. The number of ether oxygens (including phenoxy) is 1. The Morgan fingerprint density at radius 3 is 2.62 bits per heavy atom. The molecule has 0 aliphatic carbocycles. The second-order valence-corrected chi connectivity index (χ2v) is 5.54. The zero-order chi connectivity index (χ0) is 12.2. The fourth-order valence-corrected chi connectivity index (χ4v) is 2.83. The van der Waals surface area contributed by atoms with Crippen molar-refractivity contribution in [3.8, 4) is 0 Å². The molecule has 0 atom stereocenters. The number of rotatable bonds is 5. The molecular formula is C9H11Cl2NO3S. The van der Waals surface area contributed by atoms with E-state index in [4.69, 9.17) is 27.9 Å². The smallest absolute Gasteiger partial charge is 0.242 e. The summed E-state index contributed by atoms with van der Waals surface area (Å²) < 4.78 is 30.6. The number of benzene rings is 1. The van der Waals surface area contributed by atoms with Gasteiger partial charge in [-0.3, -0.25) is 0 Å². The molecule has 1 aromatic carbocycles. The summed E-state index contributed by atoms with van der Waals surface area (Å²) in [6, 6.07) is 4.21. The Balaban J connectivity index is 2.90. The fourth-order valence-electron chi connectivity index (χ4n) is 1.05. The molecule has 7 heteroatoms. The molecule has 16 heavy (non-hydrogen) atoms. The first-order valence-electron chi connectivity index (χ1n) is 4.41. The van der Waals surface area contributed by atoms with Gasteiger partial charge in [-0.25, -0.2) is 13.1 Å². The van der Waals surface area contributed by atoms with Gasteiger partial charge in [0.2, 0.25) is 10.0 Å². The van der Waals surface area contributed by atoms with E-state index in [1.54, 1.807) is 0 Å². The zero-order valence-electron chi connectivity index (χ0n) is 8.54. The second kappa shape index (κ2) is 5.84. The van der Waals surface area contributed by atoms with Crippen LogP contribution in [0, 0.1) is 0 Å². The number of hydrogen-bond donors (Lipinski definition) is 1. The predicted octanol–water partition coefficient (Wildman–Crippen LogP) is 1.92. The van der Waals surface area contributed by atoms with Crippen molar-refractivity contribution in [2.75, 3.05) is 20.3 Å². The summed E-state index contributed by atoms with van der Waals surface area (Å²) in [4.78, 5) is 0.00895. The molecule has 0 aliphatic rings. The summed E-state index contributed by atoms with van der Waals surface area (Å²) in [6.45, 7) is 0.488. The summed E-state index contributed by atoms with van der Waals surface area (Å²) in [5, 5.41) is 0.484. The Kier molecular flexibility index (Phi) is 5.01. The summed E-state index contributed by atoms with van der Waals surface area (Å²) in [7, 11) is -2.11. The van der Waals surface area contributed by atoms with E-state index in [-0.39, 0.29) is 16.5 Å². The number of hydrogen-bond acceptors (Lipinski definition) is 3. The highest BCUT2D eigenvalue weighted by atomic mass is 35.5. The van der Waals surface area contributed by atoms with E-state index in [9.17, 15) is 8.42 Å². The van der Waals surface area contributed by atoms with Crippen molar-refractivity contribution in [3.63, 3.8) is 0 Å². The van der Waals surface area contributed by atoms with Gasteiger partial charge in [0.25, 0.3) is 0 Å². The van der Waals surface area contributed by atoms with Crippen LogP contribution in [0.1, 0.15) is 0 Å². The quantitative estimate of drug-likeness (QED) is 0.840. The minimum absolute atomic E-state index is 0.00895. The third-order valence-electron chi connectivity index (χ3n) is 1.78. The largest absolute Gasteiger partial charge is 0.383 e. The van der Waals surface area contributed by atoms with Gasteiger partial charge in [0.05, 0.1) is 11.6 Å². The van der Waals surface area contributed by atoms with Crippen LogP contribution in [0.5, 0.6) is 0 Å². The van der Waals surface area contributed by atoms with Gasteiger partial charge in [0.1, 0.15) is 4.90 Å². The third kappa shape index (κ3) is 3.61. The van der Waals surface area contributed by atoms with E-state index in [0.717, 1.165) is 0 Å². The predicted molar refractivity (Wildman–Crippen MR) is 63.5 cm³/mol. The molecule has 0 radical (unpaired) electrons. The molecule has 90 valence electrons. The second-order valence-electron chi connectivity index (χ2n) is 2.97. The lowest BCUT2D eigenvalue weighted by molar-refractivity contribution is 0.204. The number of nitrogens with one attached hydrogen (secondary N) is 1. The van der Waals surface area contributed by atoms with Gasteiger partial charge in [-0.1, -0.05) is 23.2 Å². The molecule has 0 amide bonds. The lowest BCUT2D eigenvalue weighted by Gasteiger charge is -2.07. The molecule has 0 spiro atoms. The van der Waals surface area contributed by atoms with E-state index >= 15 is 0 Å². The molecular weight excluding hydrogens is 273 g/mol. The van der Waals surface area contributed by atoms with E-state index in [1.165, 1.54) is 25.3 Å². The average Bonchev–Trinajstić information content (AvgIpc) is 2.17. The topological polar surface area (TPSA) is 55.4 Å². The van der Waals surface area contributed by atoms with Crippen molar-refractivity contribution in [1.29, 1.82) is 0 Å². The van der Waals surface area contributed by atoms with E-state index in [1.807, 2.05) is 0 Å². The lowest BCUT2D eigenvalue weighted by Crippen LogP contribution is -2.27. The molecule has 0 unspecified atom stereocenters. The number of halogens is 2. The van der Waals surface area contributed by atoms with Crippen LogP contribution in [0.4, 0.5) is 0 Å². The minimum Gasteiger partial charge on any atom is -0.383 e. The van der Waals surface area contributed by atoms with Crippen LogP contribution in [0.2, 0.25) is 10.0 Å². The van der Waals surface area contributed by atoms with Crippen LogP contribution in [0.15, 0.2) is 23.1 Å². The molecule has 1 aromatic rings. The molecule has 0 saturated carbocycles. The molecule has 0 saturated heterocycles. The van der Waals surface area contributed by atoms with Gasteiger partial charge in [-0.05, 0) is 18.2 Å². The summed E-state index contributed by atoms with van der Waals surface area (Å²) in [5.41, 5.74) is 0. The van der Waals surface area contributed by atoms with Crippen molar-refractivity contribution in [2.24, 2.45) is 0 Å². The Bertz CT molecular complexity index is 462. The van der Waals surface area contributed by atoms with Gasteiger partial charge in [-0.15, -0.1) is 0 Å². The Hall–Kier alpha value is -0.330. The van der Waals surface area contributed by atoms with Crippen LogP contribution in [-0.2, 0) is 14.8 Å². The Labute approximate surface area is 105 Å². The first-order chi connectivity index (χ1) is 7.47. The first-order valence-corrected chi connectivity index (χ1v) is 6.65. The zero-order valence-corrected chi connectivity index (χ0v) is 10.9. The van der Waals surface area contributed by atoms with Gasteiger partial charge < -0.3 is 4.74 Å². The van der Waals surface area contributed by atoms with Crippen molar-refractivity contribution >= 4 is 33.2 Å². The average molecular weight is 284 g/mol. The van der Waals surface area contributed by atoms with Crippen molar-refractivity contribution in [2.45, 2.75) is 4.90 Å². The maximum Gasteiger partial charge on any atom is 0.242 e. The highest BCUT2D eigenvalue weighted by Gasteiger charge is 2.17. The van der Waals surface area contributed by atoms with Crippen LogP contribution in [0.25, 0.3) is 0 Å². The van der Waals surface area contributed by atoms with Crippen LogP contribution in [0.3, 0.4) is 0 Å². The molecule has 0 bridgehead atoms. The monoisotopic (exact) mass is 283 g/mol. The fraction of sp³-hybridized carbons (Fsp3) is 0.333. The minimum atomic E-state index is -3.60. The normalized spacial score (nSPS) is 11.7. The number of methoxy groups -OCH3 is 1. The molecule has 0 aromatic heterocycles. The maximum atomic E-state index is 11.7. The molecule has 1 rings (SSSR count). The Morgan fingerprint density at radius 2 is 2.06 bits per heavy atom. The van der Waals surface area contributed by atoms with E-state index < -0.39 is 10.0 Å². The SMILES string of the molecule is COCCNS(=O)(=O)c1ccc(Cl)cc1Cl. The van der Waals surface area contributed by atoms with Gasteiger partial charge in [-0.2, -0.15) is 0 Å². The van der Waals surface area contributed by atoms with Gasteiger partial charge >= 0.3 is 0 Å². The molecule has 0 heterocycles. The van der Waals surface area contributed by atoms with Crippen molar-refractivity contribution < 1.29 is 13.2 Å². The van der Waals surface area contributed by atoms with Crippen LogP contribution < -0.4 is 4.72 Å². The first kappa shape index (κ1) is 13.7. The molecule has 4 nitrogen and oxygen atoms in total. The van der Waals surface area contributed by atoms with Crippen molar-refractivity contribution in [3.05, 3.63) is 28.2 Å². The maximum absolute atomic E-state index is 11.7. The van der Waals surface area contributed by atoms with Gasteiger partial charge in [0.15, 0.2) is 0 Å². The van der Waals surface area contributed by atoms with E-state index in [2.05, 4.69) is 4.72 Å². The lowest BCUT2D eigenvalue weighted by atomic mass is 10.4. The summed E-state index contributed by atoms with van der Waals surface area (Å²) in [5.74, 6) is 0. The molecule has 1 N–H and O–H groups in total. The summed E-state index contributed by atoms with van der Waals surface area (Å²) >= 11 is 11.5. The van der Waals surface area contributed by atoms with Gasteiger partial charge in [0, 0.05) is 18.7 Å². The van der Waals surface area contributed by atoms with Crippen LogP contribution >= 0.6 is 23.2 Å². The Morgan fingerprint density at radius 1 is 1.38 bits per heavy atom. The third-order valence-corrected chi connectivity index (χ3v) is 3.96. The summed E-state index contributed by atoms with van der Waals surface area (Å²) in [6.07, 6.45) is 0. The number of sulfonamides is 1. The highest BCUT2D eigenvalue weighted by Crippen LogP contribution is 2.24. The van der Waals surface area contributed by atoms with Crippen molar-refractivity contribution in [1.82, 2.24) is 4.72 Å². The van der Waals surface area contributed by atoms with E-state index in [0.29, 0.717) is 11.6 Å².